The minimum atomic E-state index is -1.39. The van der Waals surface area contributed by atoms with Crippen molar-refractivity contribution < 1.29 is 19.4 Å². The molecule has 0 aliphatic carbocycles. The second kappa shape index (κ2) is 7.76. The van der Waals surface area contributed by atoms with Crippen LogP contribution in [-0.4, -0.2) is 76.7 Å². The molecule has 2 fully saturated rings. The SMILES string of the molecule is O=C(c1ccc(-c2ccc3ccccc3n2)cc1)N1CCN(C(=O)C2(O)COC2)CC1. The van der Waals surface area contributed by atoms with Crippen molar-refractivity contribution in [3.63, 3.8) is 0 Å². The highest BCUT2D eigenvalue weighted by molar-refractivity contribution is 5.95. The number of ether oxygens (including phenoxy) is 1. The second-order valence-corrected chi connectivity index (χ2v) is 8.08. The third-order valence-electron chi connectivity index (χ3n) is 5.96. The molecule has 0 saturated carbocycles. The Morgan fingerprint density at radius 2 is 1.55 bits per heavy atom. The van der Waals surface area contributed by atoms with Crippen LogP contribution in [0.25, 0.3) is 22.2 Å². The molecule has 0 spiro atoms. The largest absolute Gasteiger partial charge is 0.376 e. The van der Waals surface area contributed by atoms with Gasteiger partial charge in [-0.3, -0.25) is 9.59 Å². The first-order valence-electron chi connectivity index (χ1n) is 10.4. The molecule has 2 aromatic carbocycles. The van der Waals surface area contributed by atoms with E-state index in [1.165, 1.54) is 0 Å². The third kappa shape index (κ3) is 3.66. The average Bonchev–Trinajstić information content (AvgIpc) is 2.81. The van der Waals surface area contributed by atoms with Gasteiger partial charge in [0.05, 0.1) is 24.4 Å². The number of hydrogen-bond donors (Lipinski definition) is 1. The Morgan fingerprint density at radius 3 is 2.23 bits per heavy atom. The van der Waals surface area contributed by atoms with Crippen LogP contribution in [0.5, 0.6) is 0 Å². The van der Waals surface area contributed by atoms with Crippen molar-refractivity contribution in [1.29, 1.82) is 0 Å². The number of pyridine rings is 1. The van der Waals surface area contributed by atoms with Gasteiger partial charge in [-0.2, -0.15) is 0 Å². The van der Waals surface area contributed by atoms with Gasteiger partial charge in [0, 0.05) is 42.7 Å². The predicted molar refractivity (Wildman–Crippen MR) is 115 cm³/mol. The van der Waals surface area contributed by atoms with E-state index in [4.69, 9.17) is 9.72 Å². The number of nitrogens with zero attached hydrogens (tertiary/aromatic N) is 3. The molecule has 0 radical (unpaired) electrons. The molecule has 7 nitrogen and oxygen atoms in total. The number of carbonyl (C=O) groups is 2. The molecule has 3 aromatic rings. The summed E-state index contributed by atoms with van der Waals surface area (Å²) >= 11 is 0. The summed E-state index contributed by atoms with van der Waals surface area (Å²) in [6, 6.07) is 19.5. The standard InChI is InChI=1S/C24H23N3O4/c28-22(26-11-13-27(14-12-26)23(29)24(30)15-31-16-24)19-7-5-18(6-8-19)21-10-9-17-3-1-2-4-20(17)25-21/h1-10,30H,11-16H2. The number of benzene rings is 2. The van der Waals surface area contributed by atoms with Gasteiger partial charge >= 0.3 is 0 Å². The molecule has 2 aliphatic rings. The first-order chi connectivity index (χ1) is 15.0. The molecule has 2 aliphatic heterocycles. The highest BCUT2D eigenvalue weighted by Crippen LogP contribution is 2.23. The van der Waals surface area contributed by atoms with Gasteiger partial charge in [-0.1, -0.05) is 36.4 Å². The van der Waals surface area contributed by atoms with Gasteiger partial charge in [0.15, 0.2) is 5.60 Å². The molecule has 5 rings (SSSR count). The summed E-state index contributed by atoms with van der Waals surface area (Å²) < 4.78 is 4.96. The fourth-order valence-corrected chi connectivity index (χ4v) is 4.02. The van der Waals surface area contributed by atoms with E-state index in [0.29, 0.717) is 31.7 Å². The number of para-hydroxylation sites is 1. The lowest BCUT2D eigenvalue weighted by Gasteiger charge is -2.42. The van der Waals surface area contributed by atoms with Crippen molar-refractivity contribution >= 4 is 22.7 Å². The van der Waals surface area contributed by atoms with Crippen molar-refractivity contribution in [1.82, 2.24) is 14.8 Å². The third-order valence-corrected chi connectivity index (χ3v) is 5.96. The van der Waals surface area contributed by atoms with Crippen LogP contribution in [0.15, 0.2) is 60.7 Å². The summed E-state index contributed by atoms with van der Waals surface area (Å²) in [6.45, 7) is 1.79. The van der Waals surface area contributed by atoms with Crippen LogP contribution in [0.4, 0.5) is 0 Å². The van der Waals surface area contributed by atoms with E-state index in [1.807, 2.05) is 60.7 Å². The molecule has 0 atom stereocenters. The Morgan fingerprint density at radius 1 is 0.871 bits per heavy atom. The zero-order valence-electron chi connectivity index (χ0n) is 17.0. The van der Waals surface area contributed by atoms with Gasteiger partial charge in [-0.05, 0) is 24.3 Å². The first-order valence-corrected chi connectivity index (χ1v) is 10.4. The summed E-state index contributed by atoms with van der Waals surface area (Å²) in [7, 11) is 0. The van der Waals surface area contributed by atoms with Crippen LogP contribution in [0.1, 0.15) is 10.4 Å². The number of hydrogen-bond acceptors (Lipinski definition) is 5. The number of aromatic nitrogens is 1. The number of carbonyl (C=O) groups excluding carboxylic acids is 2. The fraction of sp³-hybridized carbons (Fsp3) is 0.292. The summed E-state index contributed by atoms with van der Waals surface area (Å²) in [5.41, 5.74) is 1.97. The number of piperazine rings is 1. The van der Waals surface area contributed by atoms with Gasteiger partial charge in [0.1, 0.15) is 0 Å². The highest BCUT2D eigenvalue weighted by atomic mass is 16.5. The van der Waals surface area contributed by atoms with Crippen LogP contribution in [0.2, 0.25) is 0 Å². The summed E-state index contributed by atoms with van der Waals surface area (Å²) in [5, 5.41) is 11.3. The molecule has 0 bridgehead atoms. The molecule has 31 heavy (non-hydrogen) atoms. The van der Waals surface area contributed by atoms with Crippen molar-refractivity contribution in [2.75, 3.05) is 39.4 Å². The maximum Gasteiger partial charge on any atom is 0.259 e. The molecule has 0 unspecified atom stereocenters. The zero-order chi connectivity index (χ0) is 21.4. The summed E-state index contributed by atoms with van der Waals surface area (Å²) in [5.74, 6) is -0.367. The van der Waals surface area contributed by atoms with E-state index in [0.717, 1.165) is 22.2 Å². The Labute approximate surface area is 179 Å². The lowest BCUT2D eigenvalue weighted by atomic mass is 10.00. The quantitative estimate of drug-likeness (QED) is 0.704. The lowest BCUT2D eigenvalue weighted by molar-refractivity contribution is -0.201. The monoisotopic (exact) mass is 417 g/mol. The number of fused-ring (bicyclic) bond motifs is 1. The molecular formula is C24H23N3O4. The van der Waals surface area contributed by atoms with E-state index < -0.39 is 5.60 Å². The average molecular weight is 417 g/mol. The van der Waals surface area contributed by atoms with Gasteiger partial charge in [-0.25, -0.2) is 4.98 Å². The van der Waals surface area contributed by atoms with Crippen LogP contribution in [0.3, 0.4) is 0 Å². The molecule has 1 N–H and O–H groups in total. The maximum atomic E-state index is 12.9. The number of aliphatic hydroxyl groups is 1. The molecule has 2 amide bonds. The molecule has 3 heterocycles. The molecule has 7 heteroatoms. The van der Waals surface area contributed by atoms with Crippen molar-refractivity contribution in [2.24, 2.45) is 0 Å². The predicted octanol–water partition coefficient (Wildman–Crippen LogP) is 1.95. The van der Waals surface area contributed by atoms with Crippen molar-refractivity contribution in [3.05, 3.63) is 66.2 Å². The van der Waals surface area contributed by atoms with Gasteiger partial charge in [0.2, 0.25) is 0 Å². The summed E-state index contributed by atoms with van der Waals surface area (Å²) in [6.07, 6.45) is 0. The van der Waals surface area contributed by atoms with E-state index in [1.54, 1.807) is 9.80 Å². The number of rotatable bonds is 3. The molecule has 2 saturated heterocycles. The maximum absolute atomic E-state index is 12.9. The van der Waals surface area contributed by atoms with Crippen LogP contribution in [0, 0.1) is 0 Å². The molecule has 1 aromatic heterocycles. The van der Waals surface area contributed by atoms with Crippen LogP contribution >= 0.6 is 0 Å². The number of amides is 2. The normalized spacial score (nSPS) is 18.0. The summed E-state index contributed by atoms with van der Waals surface area (Å²) in [4.78, 5) is 33.4. The first kappa shape index (κ1) is 19.7. The minimum absolute atomic E-state index is 0.0450. The minimum Gasteiger partial charge on any atom is -0.376 e. The van der Waals surface area contributed by atoms with Crippen molar-refractivity contribution in [3.8, 4) is 11.3 Å². The van der Waals surface area contributed by atoms with Crippen molar-refractivity contribution in [2.45, 2.75) is 5.60 Å². The van der Waals surface area contributed by atoms with Gasteiger partial charge < -0.3 is 19.6 Å². The Balaban J connectivity index is 1.24. The van der Waals surface area contributed by atoms with E-state index in [-0.39, 0.29) is 25.0 Å². The van der Waals surface area contributed by atoms with E-state index in [9.17, 15) is 14.7 Å². The van der Waals surface area contributed by atoms with Gasteiger partial charge in [-0.15, -0.1) is 0 Å². The topological polar surface area (TPSA) is 83.0 Å². The van der Waals surface area contributed by atoms with Crippen LogP contribution < -0.4 is 0 Å². The zero-order valence-corrected chi connectivity index (χ0v) is 17.0. The Hall–Kier alpha value is -3.29. The Bertz CT molecular complexity index is 1130. The highest BCUT2D eigenvalue weighted by Gasteiger charge is 2.46. The van der Waals surface area contributed by atoms with E-state index >= 15 is 0 Å². The Kier molecular flexibility index (Phi) is 4.92. The van der Waals surface area contributed by atoms with E-state index in [2.05, 4.69) is 0 Å². The fourth-order valence-electron chi connectivity index (χ4n) is 4.02. The van der Waals surface area contributed by atoms with Gasteiger partial charge in [0.25, 0.3) is 11.8 Å². The molecular weight excluding hydrogens is 394 g/mol. The lowest BCUT2D eigenvalue weighted by Crippen LogP contribution is -2.64. The smallest absolute Gasteiger partial charge is 0.259 e. The second-order valence-electron chi connectivity index (χ2n) is 8.08. The molecule has 158 valence electrons. The van der Waals surface area contributed by atoms with Crippen LogP contribution in [-0.2, 0) is 9.53 Å².